The second-order valence-electron chi connectivity index (χ2n) is 5.08. The number of nitrogens with one attached hydrogen (secondary N) is 1. The number of hydrogen-bond acceptors (Lipinski definition) is 6. The van der Waals surface area contributed by atoms with Gasteiger partial charge in [-0.2, -0.15) is 0 Å². The lowest BCUT2D eigenvalue weighted by atomic mass is 10.2. The fourth-order valence-corrected chi connectivity index (χ4v) is 4.86. The van der Waals surface area contributed by atoms with Crippen molar-refractivity contribution in [1.82, 2.24) is 4.98 Å². The maximum absolute atomic E-state index is 12.1. The predicted molar refractivity (Wildman–Crippen MR) is 98.0 cm³/mol. The molecule has 24 heavy (non-hydrogen) atoms. The van der Waals surface area contributed by atoms with Crippen molar-refractivity contribution in [2.24, 2.45) is 0 Å². The summed E-state index contributed by atoms with van der Waals surface area (Å²) in [5.41, 5.74) is 1.44. The summed E-state index contributed by atoms with van der Waals surface area (Å²) in [5, 5.41) is 6.74. The number of aromatic nitrogens is 1. The fraction of sp³-hybridized carbons (Fsp3) is 0.125. The Bertz CT molecular complexity index is 917. The zero-order valence-electron chi connectivity index (χ0n) is 12.5. The van der Waals surface area contributed by atoms with Crippen molar-refractivity contribution in [3.63, 3.8) is 0 Å². The number of benzene rings is 1. The van der Waals surface area contributed by atoms with Gasteiger partial charge in [0.25, 0.3) is 0 Å². The van der Waals surface area contributed by atoms with Crippen LogP contribution in [0.4, 0.5) is 5.13 Å². The number of hydrogen-bond donors (Lipinski definition) is 1. The first-order valence-electron chi connectivity index (χ1n) is 7.05. The number of thiazole rings is 1. The Labute approximate surface area is 147 Å². The van der Waals surface area contributed by atoms with Gasteiger partial charge in [-0.05, 0) is 17.0 Å². The first-order valence-corrected chi connectivity index (χ1v) is 10.6. The zero-order chi connectivity index (χ0) is 17.0. The van der Waals surface area contributed by atoms with Gasteiger partial charge in [-0.25, -0.2) is 13.4 Å². The molecule has 3 rings (SSSR count). The Balaban J connectivity index is 1.61. The van der Waals surface area contributed by atoms with Crippen LogP contribution in [0.1, 0.15) is 5.56 Å². The molecule has 0 aliphatic rings. The maximum atomic E-state index is 12.1. The molecule has 0 spiro atoms. The normalized spacial score (nSPS) is 11.3. The molecular formula is C16H14N2O3S3. The predicted octanol–water partition coefficient (Wildman–Crippen LogP) is 3.43. The van der Waals surface area contributed by atoms with Crippen molar-refractivity contribution in [3.8, 4) is 10.6 Å². The van der Waals surface area contributed by atoms with Crippen molar-refractivity contribution < 1.29 is 13.2 Å². The van der Waals surface area contributed by atoms with Gasteiger partial charge in [0.15, 0.2) is 15.0 Å². The topological polar surface area (TPSA) is 76.1 Å². The highest BCUT2D eigenvalue weighted by Crippen LogP contribution is 2.28. The van der Waals surface area contributed by atoms with Crippen LogP contribution in [0, 0.1) is 0 Å². The number of nitrogens with zero attached hydrogens (tertiary/aromatic N) is 1. The summed E-state index contributed by atoms with van der Waals surface area (Å²) >= 11 is 2.83. The zero-order valence-corrected chi connectivity index (χ0v) is 15.0. The lowest BCUT2D eigenvalue weighted by Crippen LogP contribution is -2.23. The summed E-state index contributed by atoms with van der Waals surface area (Å²) < 4.78 is 24.2. The number of thiophene rings is 1. The minimum absolute atomic E-state index is 0.153. The van der Waals surface area contributed by atoms with Gasteiger partial charge in [0.2, 0.25) is 5.91 Å². The number of carbonyl (C=O) groups excluding carboxylic acids is 1. The number of carbonyl (C=O) groups is 1. The molecule has 2 aromatic heterocycles. The number of anilines is 1. The largest absolute Gasteiger partial charge is 0.301 e. The number of sulfone groups is 1. The lowest BCUT2D eigenvalue weighted by Gasteiger charge is -2.04. The van der Waals surface area contributed by atoms with E-state index in [4.69, 9.17) is 0 Å². The molecule has 0 fully saturated rings. The van der Waals surface area contributed by atoms with Crippen molar-refractivity contribution >= 4 is 43.5 Å². The molecule has 8 heteroatoms. The molecule has 1 N–H and O–H groups in total. The summed E-state index contributed by atoms with van der Waals surface area (Å²) in [7, 11) is -3.52. The molecule has 0 bridgehead atoms. The maximum Gasteiger partial charge on any atom is 0.241 e. The number of amides is 1. The molecule has 0 saturated heterocycles. The Kier molecular flexibility index (Phi) is 5.08. The standard InChI is InChI=1S/C16H14N2O3S3/c19-15(11-24(20,21)10-12-5-2-1-3-6-12)18-16-17-13(9-23-16)14-7-4-8-22-14/h1-9H,10-11H2,(H,17,18,19). The van der Waals surface area contributed by atoms with E-state index in [2.05, 4.69) is 10.3 Å². The van der Waals surface area contributed by atoms with E-state index in [0.717, 1.165) is 10.6 Å². The molecule has 3 aromatic rings. The quantitative estimate of drug-likeness (QED) is 0.713. The summed E-state index contributed by atoms with van der Waals surface area (Å²) in [6.07, 6.45) is 0. The van der Waals surface area contributed by atoms with Gasteiger partial charge in [-0.3, -0.25) is 4.79 Å². The van der Waals surface area contributed by atoms with Crippen LogP contribution >= 0.6 is 22.7 Å². The van der Waals surface area contributed by atoms with E-state index < -0.39 is 21.5 Å². The molecule has 0 unspecified atom stereocenters. The molecule has 1 amide bonds. The molecule has 0 radical (unpaired) electrons. The minimum Gasteiger partial charge on any atom is -0.301 e. The van der Waals surface area contributed by atoms with Crippen LogP contribution in [0.25, 0.3) is 10.6 Å². The smallest absolute Gasteiger partial charge is 0.241 e. The van der Waals surface area contributed by atoms with E-state index in [1.165, 1.54) is 11.3 Å². The van der Waals surface area contributed by atoms with Crippen molar-refractivity contribution in [3.05, 3.63) is 58.8 Å². The summed E-state index contributed by atoms with van der Waals surface area (Å²) in [6, 6.07) is 12.7. The van der Waals surface area contributed by atoms with Crippen LogP contribution in [0.2, 0.25) is 0 Å². The first-order chi connectivity index (χ1) is 11.5. The van der Waals surface area contributed by atoms with Gasteiger partial charge >= 0.3 is 0 Å². The van der Waals surface area contributed by atoms with E-state index >= 15 is 0 Å². The van der Waals surface area contributed by atoms with E-state index in [0.29, 0.717) is 10.7 Å². The molecular weight excluding hydrogens is 364 g/mol. The van der Waals surface area contributed by atoms with E-state index in [9.17, 15) is 13.2 Å². The first kappa shape index (κ1) is 16.8. The van der Waals surface area contributed by atoms with E-state index in [-0.39, 0.29) is 5.75 Å². The Morgan fingerprint density at radius 3 is 2.58 bits per heavy atom. The SMILES string of the molecule is O=C(CS(=O)(=O)Cc1ccccc1)Nc1nc(-c2cccs2)cs1. The highest BCUT2D eigenvalue weighted by Gasteiger charge is 2.18. The lowest BCUT2D eigenvalue weighted by molar-refractivity contribution is -0.113. The van der Waals surface area contributed by atoms with Gasteiger partial charge in [0, 0.05) is 5.38 Å². The average Bonchev–Trinajstić information content (AvgIpc) is 3.17. The summed E-state index contributed by atoms with van der Waals surface area (Å²) in [4.78, 5) is 17.3. The van der Waals surface area contributed by atoms with Crippen LogP contribution in [-0.4, -0.2) is 25.1 Å². The molecule has 124 valence electrons. The van der Waals surface area contributed by atoms with Crippen LogP contribution in [0.3, 0.4) is 0 Å². The monoisotopic (exact) mass is 378 g/mol. The van der Waals surface area contributed by atoms with Gasteiger partial charge in [-0.15, -0.1) is 22.7 Å². The molecule has 0 atom stereocenters. The molecule has 5 nitrogen and oxygen atoms in total. The van der Waals surface area contributed by atoms with Gasteiger partial charge in [0.1, 0.15) is 5.75 Å². The Morgan fingerprint density at radius 2 is 1.88 bits per heavy atom. The second-order valence-corrected chi connectivity index (χ2v) is 8.95. The fourth-order valence-electron chi connectivity index (χ4n) is 2.10. The molecule has 0 aliphatic carbocycles. The van der Waals surface area contributed by atoms with Crippen molar-refractivity contribution in [2.75, 3.05) is 11.1 Å². The van der Waals surface area contributed by atoms with Gasteiger partial charge < -0.3 is 5.32 Å². The van der Waals surface area contributed by atoms with Crippen LogP contribution in [0.15, 0.2) is 53.2 Å². The third-order valence-electron chi connectivity index (χ3n) is 3.10. The van der Waals surface area contributed by atoms with Gasteiger partial charge in [-0.1, -0.05) is 36.4 Å². The highest BCUT2D eigenvalue weighted by atomic mass is 32.2. The van der Waals surface area contributed by atoms with Crippen LogP contribution in [0.5, 0.6) is 0 Å². The summed E-state index contributed by atoms with van der Waals surface area (Å²) in [6.45, 7) is 0. The highest BCUT2D eigenvalue weighted by molar-refractivity contribution is 7.91. The molecule has 2 heterocycles. The van der Waals surface area contributed by atoms with E-state index in [1.807, 2.05) is 29.0 Å². The van der Waals surface area contributed by atoms with Crippen LogP contribution in [-0.2, 0) is 20.4 Å². The second kappa shape index (κ2) is 7.25. The Hall–Kier alpha value is -2.03. The van der Waals surface area contributed by atoms with Crippen molar-refractivity contribution in [1.29, 1.82) is 0 Å². The van der Waals surface area contributed by atoms with Crippen molar-refractivity contribution in [2.45, 2.75) is 5.75 Å². The third kappa shape index (κ3) is 4.50. The average molecular weight is 379 g/mol. The van der Waals surface area contributed by atoms with Gasteiger partial charge in [0.05, 0.1) is 16.3 Å². The Morgan fingerprint density at radius 1 is 1.08 bits per heavy atom. The van der Waals surface area contributed by atoms with E-state index in [1.54, 1.807) is 35.6 Å². The molecule has 0 saturated carbocycles. The summed E-state index contributed by atoms with van der Waals surface area (Å²) in [5.74, 6) is -1.28. The molecule has 0 aliphatic heterocycles. The third-order valence-corrected chi connectivity index (χ3v) is 6.23. The van der Waals surface area contributed by atoms with Crippen LogP contribution < -0.4 is 5.32 Å². The minimum atomic E-state index is -3.52. The number of rotatable bonds is 6. The molecule has 1 aromatic carbocycles.